The van der Waals surface area contributed by atoms with Gasteiger partial charge in [-0.15, -0.1) is 0 Å². The molecule has 7 N–H and O–H groups in total. The summed E-state index contributed by atoms with van der Waals surface area (Å²) in [6, 6.07) is 9.01. The Balaban J connectivity index is 1.24. The Morgan fingerprint density at radius 3 is 1.02 bits per heavy atom. The van der Waals surface area contributed by atoms with Gasteiger partial charge in [0.05, 0.1) is 58.0 Å². The maximum Gasteiger partial charge on any atom is 0.408 e. The van der Waals surface area contributed by atoms with Gasteiger partial charge >= 0.3 is 30.0 Å². The number of nitrogens with one attached hydrogen (secondary N) is 7. The number of ether oxygens (including phenoxy) is 14. The first-order chi connectivity index (χ1) is 53.1. The number of alkyl carbamates (subject to hydrolysis) is 1. The molecule has 32 nitrogen and oxygen atoms in total. The summed E-state index contributed by atoms with van der Waals surface area (Å²) in [5, 5.41) is 20.0. The number of unbranched alkanes of at least 4 members (excludes halogenated alkanes) is 3. The van der Waals surface area contributed by atoms with E-state index in [1.807, 2.05) is 19.9 Å². The molecule has 0 saturated carbocycles. The summed E-state index contributed by atoms with van der Waals surface area (Å²) < 4.78 is 81.6. The average molecular weight is 1580 g/mol. The van der Waals surface area contributed by atoms with Crippen LogP contribution in [0.2, 0.25) is 0 Å². The Kier molecular flexibility index (Phi) is 47.3. The van der Waals surface area contributed by atoms with Crippen molar-refractivity contribution in [2.24, 2.45) is 47.3 Å². The molecule has 3 fully saturated rings. The molecule has 0 radical (unpaired) electrons. The van der Waals surface area contributed by atoms with Crippen LogP contribution < -0.4 is 37.2 Å². The van der Waals surface area contributed by atoms with E-state index in [1.165, 1.54) is 27.7 Å². The summed E-state index contributed by atoms with van der Waals surface area (Å²) in [6.07, 6.45) is 1.10. The molecule has 7 amide bonds. The van der Waals surface area contributed by atoms with Gasteiger partial charge in [0.2, 0.25) is 35.4 Å². The molecule has 15 atom stereocenters. The smallest absolute Gasteiger partial charge is 0.408 e. The van der Waals surface area contributed by atoms with E-state index in [4.69, 9.17) is 66.3 Å². The highest BCUT2D eigenvalue weighted by molar-refractivity contribution is 5.78. The lowest BCUT2D eigenvalue weighted by atomic mass is 9.79. The number of hydrogen-bond donors (Lipinski definition) is 7. The van der Waals surface area contributed by atoms with E-state index in [2.05, 4.69) is 78.8 Å². The minimum Gasteiger partial charge on any atom is -0.463 e. The molecule has 0 aromatic heterocycles. The van der Waals surface area contributed by atoms with Crippen LogP contribution in [0.3, 0.4) is 0 Å². The second-order valence-electron chi connectivity index (χ2n) is 29.5. The first kappa shape index (κ1) is 96.2. The molecule has 3 aliphatic heterocycles. The molecular weight excluding hydrogens is 1450 g/mol. The number of carbonyl (C=O) groups is 11. The molecule has 3 heterocycles. The Labute approximate surface area is 655 Å². The van der Waals surface area contributed by atoms with E-state index in [1.54, 1.807) is 24.3 Å². The first-order valence-corrected chi connectivity index (χ1v) is 39.8. The highest BCUT2D eigenvalue weighted by atomic mass is 16.7. The number of amides is 7. The largest absolute Gasteiger partial charge is 0.463 e. The molecular formula is C79H131N7O25. The third-order valence-corrected chi connectivity index (χ3v) is 20.5. The zero-order valence-corrected chi connectivity index (χ0v) is 67.8. The van der Waals surface area contributed by atoms with Gasteiger partial charge in [-0.1, -0.05) is 85.7 Å². The van der Waals surface area contributed by atoms with Crippen molar-refractivity contribution in [3.63, 3.8) is 0 Å². The number of hydrogen-bond acceptors (Lipinski definition) is 25. The van der Waals surface area contributed by atoms with Gasteiger partial charge in [-0.05, 0) is 92.9 Å². The molecule has 632 valence electrons. The van der Waals surface area contributed by atoms with Gasteiger partial charge < -0.3 is 104 Å². The standard InChI is InChI=1S/C79H131N7O25/c1-52-54(3)65(46-104-60(9)87)109-75(58(52)7)101-39-19-16-27-68(91)80-33-22-36-83-71(94)30-42-98-49-79(86-78(97)107-45-64-25-14-13-15-26-64,50-99-43-31-72(95)84-37-23-34-81-69(92)28-17-20-40-102-76-59(8)53(2)55(4)66(110-76)47-105-61(10)88)51-100-44-32-73(96)85-38-24-35-82-70(93)29-18-21-41-103-77-74(108-63(12)90)57(6)56(5)67(111-77)48-106-62(11)89/h13-15,25-26,52-59,65-67,74-77H,16-24,27-51H2,1-12H3,(H,80,91)(H,81,92)(H,82,93)(H,83,94)(H,84,95)(H,85,96)(H,86,97). The van der Waals surface area contributed by atoms with Crippen LogP contribution in [0, 0.1) is 47.3 Å². The fourth-order valence-electron chi connectivity index (χ4n) is 12.7. The number of rotatable bonds is 55. The van der Waals surface area contributed by atoms with Crippen LogP contribution in [0.5, 0.6) is 0 Å². The van der Waals surface area contributed by atoms with Gasteiger partial charge in [0.15, 0.2) is 25.0 Å². The molecule has 3 saturated heterocycles. The lowest BCUT2D eigenvalue weighted by Gasteiger charge is -2.43. The third-order valence-electron chi connectivity index (χ3n) is 20.5. The van der Waals surface area contributed by atoms with Crippen molar-refractivity contribution in [3.05, 3.63) is 35.9 Å². The molecule has 0 aliphatic carbocycles. The highest BCUT2D eigenvalue weighted by Gasteiger charge is 2.46. The predicted molar refractivity (Wildman–Crippen MR) is 405 cm³/mol. The molecule has 3 aliphatic rings. The van der Waals surface area contributed by atoms with Crippen LogP contribution in [0.25, 0.3) is 0 Å². The molecule has 1 aromatic rings. The van der Waals surface area contributed by atoms with E-state index in [0.717, 1.165) is 0 Å². The van der Waals surface area contributed by atoms with Crippen LogP contribution >= 0.6 is 0 Å². The second kappa shape index (κ2) is 54.5. The van der Waals surface area contributed by atoms with Gasteiger partial charge in [0.25, 0.3) is 0 Å². The van der Waals surface area contributed by atoms with Gasteiger partial charge in [0, 0.05) is 143 Å². The lowest BCUT2D eigenvalue weighted by molar-refractivity contribution is -0.280. The van der Waals surface area contributed by atoms with Gasteiger partial charge in [-0.3, -0.25) is 47.9 Å². The molecule has 4 rings (SSSR count). The Hall–Kier alpha value is -7.17. The fourth-order valence-corrected chi connectivity index (χ4v) is 12.7. The molecule has 32 heteroatoms. The van der Waals surface area contributed by atoms with Gasteiger partial charge in [0.1, 0.15) is 32.0 Å². The summed E-state index contributed by atoms with van der Waals surface area (Å²) in [5.74, 6) is -2.14. The number of benzene rings is 1. The van der Waals surface area contributed by atoms with Gasteiger partial charge in [-0.25, -0.2) is 4.79 Å². The molecule has 15 unspecified atom stereocenters. The van der Waals surface area contributed by atoms with Crippen molar-refractivity contribution in [3.8, 4) is 0 Å². The quantitative estimate of drug-likeness (QED) is 0.0217. The van der Waals surface area contributed by atoms with Crippen molar-refractivity contribution in [1.29, 1.82) is 0 Å². The Bertz CT molecular complexity index is 2830. The van der Waals surface area contributed by atoms with Crippen LogP contribution in [0.1, 0.15) is 185 Å². The topological polar surface area (TPSA) is 401 Å². The molecule has 0 bridgehead atoms. The zero-order chi connectivity index (χ0) is 81.5. The summed E-state index contributed by atoms with van der Waals surface area (Å²) >= 11 is 0. The van der Waals surface area contributed by atoms with E-state index in [9.17, 15) is 52.7 Å². The van der Waals surface area contributed by atoms with Crippen LogP contribution in [0.4, 0.5) is 4.79 Å². The van der Waals surface area contributed by atoms with Crippen LogP contribution in [0.15, 0.2) is 30.3 Å². The minimum absolute atomic E-state index is 0.0313. The maximum absolute atomic E-state index is 13.7. The fraction of sp³-hybridized carbons (Fsp3) is 0.785. The van der Waals surface area contributed by atoms with Crippen LogP contribution in [-0.4, -0.2) is 233 Å². The van der Waals surface area contributed by atoms with E-state index < -0.39 is 54.6 Å². The number of carbonyl (C=O) groups excluding carboxylic acids is 11. The van der Waals surface area contributed by atoms with E-state index in [0.29, 0.717) is 109 Å². The van der Waals surface area contributed by atoms with Crippen molar-refractivity contribution >= 4 is 65.4 Å². The molecule has 1 aromatic carbocycles. The van der Waals surface area contributed by atoms with Crippen LogP contribution in [-0.2, 0) is 121 Å². The lowest BCUT2D eigenvalue weighted by Crippen LogP contribution is -2.59. The first-order valence-electron chi connectivity index (χ1n) is 39.8. The number of esters is 4. The molecule has 111 heavy (non-hydrogen) atoms. The Morgan fingerprint density at radius 1 is 0.351 bits per heavy atom. The van der Waals surface area contributed by atoms with Crippen molar-refractivity contribution in [1.82, 2.24) is 37.2 Å². The summed E-state index contributed by atoms with van der Waals surface area (Å²) in [5.41, 5.74) is -0.772. The second-order valence-corrected chi connectivity index (χ2v) is 29.5. The summed E-state index contributed by atoms with van der Waals surface area (Å²) in [4.78, 5) is 137. The zero-order valence-electron chi connectivity index (χ0n) is 67.8. The van der Waals surface area contributed by atoms with Crippen molar-refractivity contribution < 1.29 is 119 Å². The van der Waals surface area contributed by atoms with Crippen molar-refractivity contribution in [2.45, 2.75) is 235 Å². The highest BCUT2D eigenvalue weighted by Crippen LogP contribution is 2.38. The Morgan fingerprint density at radius 2 is 0.676 bits per heavy atom. The SMILES string of the molecule is CC(=O)OCC1OC(OCCCCC(=O)NCCCNC(=O)CCOCC(COCCC(=O)NCCCNC(=O)CCCCOC2OC(COC(C)=O)C(C)C(C)C2C)(COCCC(=O)NCCCNC(=O)CCCCOC2OC(COC(C)=O)C(C)C(C)C2OC(C)=O)NC(=O)OCc2ccccc2)C(C)C(C)C1C. The normalized spacial score (nSPS) is 24.1. The summed E-state index contributed by atoms with van der Waals surface area (Å²) in [7, 11) is 0. The predicted octanol–water partition coefficient (Wildman–Crippen LogP) is 6.18. The summed E-state index contributed by atoms with van der Waals surface area (Å²) in [6.45, 7) is 23.8. The third kappa shape index (κ3) is 39.9. The monoisotopic (exact) mass is 1580 g/mol. The minimum atomic E-state index is -1.49. The van der Waals surface area contributed by atoms with E-state index >= 15 is 0 Å². The average Bonchev–Trinajstić information content (AvgIpc) is 0.820. The van der Waals surface area contributed by atoms with Crippen molar-refractivity contribution in [2.75, 3.05) is 119 Å². The molecule has 0 spiro atoms. The maximum atomic E-state index is 13.7. The van der Waals surface area contributed by atoms with E-state index in [-0.39, 0.29) is 225 Å². The van der Waals surface area contributed by atoms with Gasteiger partial charge in [-0.2, -0.15) is 0 Å².